The van der Waals surface area contributed by atoms with Gasteiger partial charge in [0.25, 0.3) is 0 Å². The molecule has 2 unspecified atom stereocenters. The maximum Gasteiger partial charge on any atom is 0.236 e. The Hall–Kier alpha value is -0.880. The zero-order chi connectivity index (χ0) is 12.2. The Balaban J connectivity index is 2.38. The number of nitrogens with one attached hydrogen (secondary N) is 2. The first-order chi connectivity index (χ1) is 7.44. The number of sulfone groups is 1. The van der Waals surface area contributed by atoms with E-state index in [2.05, 4.69) is 10.6 Å². The second-order valence-corrected chi connectivity index (χ2v) is 5.88. The van der Waals surface area contributed by atoms with Gasteiger partial charge in [0, 0.05) is 18.0 Å². The van der Waals surface area contributed by atoms with Gasteiger partial charge in [0.05, 0.1) is 11.8 Å². The van der Waals surface area contributed by atoms with Crippen molar-refractivity contribution in [3.63, 3.8) is 0 Å². The van der Waals surface area contributed by atoms with Gasteiger partial charge in [0.2, 0.25) is 5.91 Å². The number of carbonyl (C=O) groups is 1. The van der Waals surface area contributed by atoms with Gasteiger partial charge in [-0.25, -0.2) is 8.42 Å². The lowest BCUT2D eigenvalue weighted by atomic mass is 10.2. The van der Waals surface area contributed by atoms with Crippen molar-refractivity contribution < 1.29 is 13.2 Å². The average Bonchev–Trinajstić information content (AvgIpc) is 2.54. The van der Waals surface area contributed by atoms with Gasteiger partial charge in [-0.2, -0.15) is 0 Å². The van der Waals surface area contributed by atoms with Gasteiger partial charge >= 0.3 is 0 Å². The zero-order valence-corrected chi connectivity index (χ0v) is 10.4. The summed E-state index contributed by atoms with van der Waals surface area (Å²) in [6, 6.07) is -0.637. The summed E-state index contributed by atoms with van der Waals surface area (Å²) in [6.45, 7) is 4.35. The highest BCUT2D eigenvalue weighted by atomic mass is 32.2. The fourth-order valence-electron chi connectivity index (χ4n) is 1.48. The lowest BCUT2D eigenvalue weighted by Gasteiger charge is -2.17. The number of carbonyl (C=O) groups excluding carboxylic acids is 1. The Morgan fingerprint density at radius 3 is 2.75 bits per heavy atom. The molecule has 1 heterocycles. The lowest BCUT2D eigenvalue weighted by molar-refractivity contribution is -0.122. The highest BCUT2D eigenvalue weighted by Gasteiger charge is 2.24. The van der Waals surface area contributed by atoms with E-state index in [1.807, 2.05) is 6.92 Å². The number of rotatable bonds is 5. The van der Waals surface area contributed by atoms with Crippen LogP contribution in [0.4, 0.5) is 0 Å². The van der Waals surface area contributed by atoms with Gasteiger partial charge in [0.15, 0.2) is 9.84 Å². The minimum absolute atomic E-state index is 0.0401. The lowest BCUT2D eigenvalue weighted by Crippen LogP contribution is -2.47. The van der Waals surface area contributed by atoms with Gasteiger partial charge in [-0.15, -0.1) is 0 Å². The average molecular weight is 246 g/mol. The number of hydrogen-bond donors (Lipinski definition) is 2. The predicted molar refractivity (Wildman–Crippen MR) is 62.6 cm³/mol. The Labute approximate surface area is 96.2 Å². The number of amides is 1. The molecule has 1 amide bonds. The van der Waals surface area contributed by atoms with E-state index in [0.29, 0.717) is 6.54 Å². The fraction of sp³-hybridized carbons (Fsp3) is 0.700. The van der Waals surface area contributed by atoms with E-state index in [1.165, 1.54) is 5.41 Å². The summed E-state index contributed by atoms with van der Waals surface area (Å²) in [6.07, 6.45) is 2.47. The molecule has 0 saturated carbocycles. The van der Waals surface area contributed by atoms with E-state index in [0.717, 1.165) is 6.42 Å². The SMILES string of the molecule is CCCNC(=O)C(C)NC1C=CS(=O)(=O)C1. The van der Waals surface area contributed by atoms with Crippen LogP contribution in [0.1, 0.15) is 20.3 Å². The minimum atomic E-state index is -3.06. The summed E-state index contributed by atoms with van der Waals surface area (Å²) in [4.78, 5) is 11.5. The second kappa shape index (κ2) is 5.45. The maximum absolute atomic E-state index is 11.5. The third-order valence-electron chi connectivity index (χ3n) is 2.34. The first-order valence-electron chi connectivity index (χ1n) is 5.39. The molecule has 0 saturated heterocycles. The summed E-state index contributed by atoms with van der Waals surface area (Å²) in [5.74, 6) is -0.0576. The van der Waals surface area contributed by atoms with Crippen molar-refractivity contribution in [3.8, 4) is 0 Å². The topological polar surface area (TPSA) is 75.3 Å². The van der Waals surface area contributed by atoms with Crippen LogP contribution in [0.3, 0.4) is 0 Å². The van der Waals surface area contributed by atoms with E-state index in [-0.39, 0.29) is 23.7 Å². The van der Waals surface area contributed by atoms with Crippen molar-refractivity contribution >= 4 is 15.7 Å². The van der Waals surface area contributed by atoms with Crippen LogP contribution in [-0.4, -0.2) is 38.7 Å². The maximum atomic E-state index is 11.5. The van der Waals surface area contributed by atoms with Crippen LogP contribution in [0.15, 0.2) is 11.5 Å². The van der Waals surface area contributed by atoms with Gasteiger partial charge in [-0.05, 0) is 13.3 Å². The van der Waals surface area contributed by atoms with Crippen molar-refractivity contribution in [1.29, 1.82) is 0 Å². The van der Waals surface area contributed by atoms with Crippen LogP contribution in [-0.2, 0) is 14.6 Å². The standard InChI is InChI=1S/C10H18N2O3S/c1-3-5-11-10(13)8(2)12-9-4-6-16(14,15)7-9/h4,6,8-9,12H,3,5,7H2,1-2H3,(H,11,13). The molecule has 6 heteroatoms. The van der Waals surface area contributed by atoms with Gasteiger partial charge < -0.3 is 5.32 Å². The van der Waals surface area contributed by atoms with Crippen LogP contribution in [0.5, 0.6) is 0 Å². The Kier molecular flexibility index (Phi) is 4.49. The molecular weight excluding hydrogens is 228 g/mol. The quantitative estimate of drug-likeness (QED) is 0.704. The van der Waals surface area contributed by atoms with Crippen molar-refractivity contribution in [2.45, 2.75) is 32.4 Å². The van der Waals surface area contributed by atoms with Crippen molar-refractivity contribution in [1.82, 2.24) is 10.6 Å². The molecule has 92 valence electrons. The molecule has 0 aromatic carbocycles. The van der Waals surface area contributed by atoms with E-state index < -0.39 is 9.84 Å². The first kappa shape index (κ1) is 13.2. The molecule has 0 radical (unpaired) electrons. The van der Waals surface area contributed by atoms with E-state index in [9.17, 15) is 13.2 Å². The molecule has 2 N–H and O–H groups in total. The Bertz CT molecular complexity index is 376. The molecule has 0 bridgehead atoms. The predicted octanol–water partition coefficient (Wildman–Crippen LogP) is -0.199. The number of hydrogen-bond acceptors (Lipinski definition) is 4. The van der Waals surface area contributed by atoms with Crippen LogP contribution >= 0.6 is 0 Å². The van der Waals surface area contributed by atoms with Crippen LogP contribution in [0.25, 0.3) is 0 Å². The normalized spacial score (nSPS) is 24.2. The molecule has 1 rings (SSSR count). The molecule has 0 aromatic heterocycles. The van der Waals surface area contributed by atoms with Gasteiger partial charge in [0.1, 0.15) is 0 Å². The van der Waals surface area contributed by atoms with E-state index in [1.54, 1.807) is 13.0 Å². The summed E-state index contributed by atoms with van der Waals surface area (Å²) in [5, 5.41) is 6.91. The molecule has 5 nitrogen and oxygen atoms in total. The van der Waals surface area contributed by atoms with Gasteiger partial charge in [-0.1, -0.05) is 13.0 Å². The van der Waals surface area contributed by atoms with E-state index in [4.69, 9.17) is 0 Å². The van der Waals surface area contributed by atoms with Crippen LogP contribution in [0.2, 0.25) is 0 Å². The van der Waals surface area contributed by atoms with Crippen LogP contribution < -0.4 is 10.6 Å². The zero-order valence-electron chi connectivity index (χ0n) is 9.56. The first-order valence-corrected chi connectivity index (χ1v) is 7.11. The molecule has 0 aromatic rings. The molecule has 1 aliphatic rings. The molecule has 2 atom stereocenters. The largest absolute Gasteiger partial charge is 0.355 e. The second-order valence-electron chi connectivity index (χ2n) is 3.94. The van der Waals surface area contributed by atoms with Crippen molar-refractivity contribution in [3.05, 3.63) is 11.5 Å². The summed E-state index contributed by atoms with van der Waals surface area (Å²) >= 11 is 0. The third kappa shape index (κ3) is 3.94. The fourth-order valence-corrected chi connectivity index (χ4v) is 2.73. The highest BCUT2D eigenvalue weighted by molar-refractivity contribution is 7.94. The third-order valence-corrected chi connectivity index (χ3v) is 3.73. The molecule has 0 aliphatic carbocycles. The summed E-state index contributed by atoms with van der Waals surface area (Å²) in [7, 11) is -3.06. The molecule has 0 fully saturated rings. The smallest absolute Gasteiger partial charge is 0.236 e. The van der Waals surface area contributed by atoms with Crippen LogP contribution in [0, 0.1) is 0 Å². The highest BCUT2D eigenvalue weighted by Crippen LogP contribution is 2.08. The molecule has 0 spiro atoms. The minimum Gasteiger partial charge on any atom is -0.355 e. The molecule has 1 aliphatic heterocycles. The van der Waals surface area contributed by atoms with E-state index >= 15 is 0 Å². The van der Waals surface area contributed by atoms with Crippen molar-refractivity contribution in [2.75, 3.05) is 12.3 Å². The summed E-state index contributed by atoms with van der Waals surface area (Å²) in [5.41, 5.74) is 0. The Morgan fingerprint density at radius 1 is 1.56 bits per heavy atom. The van der Waals surface area contributed by atoms with Crippen molar-refractivity contribution in [2.24, 2.45) is 0 Å². The monoisotopic (exact) mass is 246 g/mol. The Morgan fingerprint density at radius 2 is 2.25 bits per heavy atom. The van der Waals surface area contributed by atoms with Gasteiger partial charge in [-0.3, -0.25) is 10.1 Å². The molecular formula is C10H18N2O3S. The summed E-state index contributed by atoms with van der Waals surface area (Å²) < 4.78 is 22.3. The molecule has 16 heavy (non-hydrogen) atoms.